The number of rotatable bonds is 2. The van der Waals surface area contributed by atoms with Crippen molar-refractivity contribution in [2.75, 3.05) is 12.4 Å². The predicted octanol–water partition coefficient (Wildman–Crippen LogP) is 3.53. The summed E-state index contributed by atoms with van der Waals surface area (Å²) >= 11 is 3.41. The molecule has 0 saturated carbocycles. The molecular weight excluding hydrogens is 320 g/mol. The third kappa shape index (κ3) is 2.32. The maximum absolute atomic E-state index is 12.0. The monoisotopic (exact) mass is 330 g/mol. The standard InChI is InChI=1S/C15H11BrN2O2/c1-20-11-4-2-3-10(8-11)17-14-12-7-9(16)5-6-13(12)18-15(14)19/h2-8H,1H3,(H,17,18,19). The van der Waals surface area contributed by atoms with Crippen LogP contribution in [0.3, 0.4) is 0 Å². The minimum Gasteiger partial charge on any atom is -0.497 e. The summed E-state index contributed by atoms with van der Waals surface area (Å²) in [7, 11) is 1.60. The van der Waals surface area contributed by atoms with Gasteiger partial charge in [0.25, 0.3) is 5.91 Å². The molecule has 0 bridgehead atoms. The van der Waals surface area contributed by atoms with Gasteiger partial charge < -0.3 is 10.1 Å². The highest BCUT2D eigenvalue weighted by atomic mass is 79.9. The molecule has 0 radical (unpaired) electrons. The molecule has 20 heavy (non-hydrogen) atoms. The molecule has 0 unspecified atom stereocenters. The Labute approximate surface area is 124 Å². The van der Waals surface area contributed by atoms with Crippen molar-refractivity contribution in [2.45, 2.75) is 0 Å². The van der Waals surface area contributed by atoms with E-state index in [4.69, 9.17) is 4.74 Å². The summed E-state index contributed by atoms with van der Waals surface area (Å²) in [5.74, 6) is 0.514. The fourth-order valence-corrected chi connectivity index (χ4v) is 2.41. The molecule has 0 aliphatic carbocycles. The summed E-state index contributed by atoms with van der Waals surface area (Å²) in [5, 5.41) is 2.80. The second kappa shape index (κ2) is 5.09. The summed E-state index contributed by atoms with van der Waals surface area (Å²) in [6, 6.07) is 12.9. The fourth-order valence-electron chi connectivity index (χ4n) is 2.05. The van der Waals surface area contributed by atoms with E-state index >= 15 is 0 Å². The van der Waals surface area contributed by atoms with Crippen molar-refractivity contribution in [1.29, 1.82) is 0 Å². The van der Waals surface area contributed by atoms with Gasteiger partial charge >= 0.3 is 0 Å². The van der Waals surface area contributed by atoms with Crippen LogP contribution in [-0.4, -0.2) is 18.7 Å². The van der Waals surface area contributed by atoms with Crippen molar-refractivity contribution in [3.05, 3.63) is 52.5 Å². The zero-order valence-electron chi connectivity index (χ0n) is 10.7. The molecule has 5 heteroatoms. The average molecular weight is 331 g/mol. The number of anilines is 1. The van der Waals surface area contributed by atoms with Crippen molar-refractivity contribution in [1.82, 2.24) is 0 Å². The first-order chi connectivity index (χ1) is 9.67. The molecule has 2 aromatic rings. The predicted molar refractivity (Wildman–Crippen MR) is 82.0 cm³/mol. The van der Waals surface area contributed by atoms with E-state index in [2.05, 4.69) is 26.2 Å². The molecule has 4 nitrogen and oxygen atoms in total. The molecule has 0 fully saturated rings. The van der Waals surface area contributed by atoms with Crippen LogP contribution < -0.4 is 10.1 Å². The average Bonchev–Trinajstić information content (AvgIpc) is 2.75. The smallest absolute Gasteiger partial charge is 0.275 e. The van der Waals surface area contributed by atoms with Crippen molar-refractivity contribution in [3.8, 4) is 5.75 Å². The van der Waals surface area contributed by atoms with Crippen molar-refractivity contribution < 1.29 is 9.53 Å². The number of methoxy groups -OCH3 is 1. The Hall–Kier alpha value is -2.14. The van der Waals surface area contributed by atoms with Gasteiger partial charge in [0.1, 0.15) is 11.5 Å². The van der Waals surface area contributed by atoms with Gasteiger partial charge in [0.15, 0.2) is 0 Å². The quantitative estimate of drug-likeness (QED) is 0.915. The maximum Gasteiger partial charge on any atom is 0.275 e. The normalized spacial score (nSPS) is 15.1. The number of aliphatic imine (C=N–C) groups is 1. The molecule has 1 amide bonds. The highest BCUT2D eigenvalue weighted by Gasteiger charge is 2.26. The zero-order chi connectivity index (χ0) is 14.1. The Bertz CT molecular complexity index is 726. The number of ether oxygens (including phenoxy) is 1. The summed E-state index contributed by atoms with van der Waals surface area (Å²) in [4.78, 5) is 16.4. The number of halogens is 1. The van der Waals surface area contributed by atoms with E-state index in [0.29, 0.717) is 17.1 Å². The van der Waals surface area contributed by atoms with Gasteiger partial charge in [0.2, 0.25) is 0 Å². The second-order valence-electron chi connectivity index (χ2n) is 4.31. The summed E-state index contributed by atoms with van der Waals surface area (Å²) in [6.07, 6.45) is 0. The highest BCUT2D eigenvalue weighted by molar-refractivity contribution is 9.10. The van der Waals surface area contributed by atoms with E-state index in [1.807, 2.05) is 36.4 Å². The van der Waals surface area contributed by atoms with Crippen molar-refractivity contribution in [2.24, 2.45) is 4.99 Å². The SMILES string of the molecule is COc1cccc(N=C2C(=O)Nc3ccc(Br)cc32)c1. The topological polar surface area (TPSA) is 50.7 Å². The van der Waals surface area contributed by atoms with Gasteiger partial charge in [0.05, 0.1) is 18.5 Å². The number of amides is 1. The van der Waals surface area contributed by atoms with Gasteiger partial charge in [0, 0.05) is 16.1 Å². The van der Waals surface area contributed by atoms with Crippen LogP contribution in [0, 0.1) is 0 Å². The Morgan fingerprint density at radius 2 is 2.05 bits per heavy atom. The Balaban J connectivity index is 2.08. The van der Waals surface area contributed by atoms with Crippen LogP contribution in [0.15, 0.2) is 51.9 Å². The van der Waals surface area contributed by atoms with Crippen LogP contribution in [0.25, 0.3) is 0 Å². The molecule has 3 rings (SSSR count). The van der Waals surface area contributed by atoms with Gasteiger partial charge in [-0.3, -0.25) is 4.79 Å². The van der Waals surface area contributed by atoms with Crippen LogP contribution in [0.5, 0.6) is 5.75 Å². The molecular formula is C15H11BrN2O2. The van der Waals surface area contributed by atoms with Gasteiger partial charge in [-0.25, -0.2) is 4.99 Å². The lowest BCUT2D eigenvalue weighted by Gasteiger charge is -2.01. The Morgan fingerprint density at radius 1 is 1.20 bits per heavy atom. The van der Waals surface area contributed by atoms with Gasteiger partial charge in [-0.1, -0.05) is 22.0 Å². The first kappa shape index (κ1) is 12.9. The summed E-state index contributed by atoms with van der Waals surface area (Å²) in [6.45, 7) is 0. The molecule has 1 aliphatic heterocycles. The van der Waals surface area contributed by atoms with Crippen LogP contribution in [0.2, 0.25) is 0 Å². The molecule has 2 aromatic carbocycles. The van der Waals surface area contributed by atoms with E-state index in [1.165, 1.54) is 0 Å². The minimum absolute atomic E-state index is 0.194. The van der Waals surface area contributed by atoms with E-state index in [0.717, 1.165) is 15.7 Å². The van der Waals surface area contributed by atoms with Crippen molar-refractivity contribution in [3.63, 3.8) is 0 Å². The first-order valence-corrected chi connectivity index (χ1v) is 6.81. The number of hydrogen-bond acceptors (Lipinski definition) is 3. The molecule has 1 N–H and O–H groups in total. The van der Waals surface area contributed by atoms with Crippen LogP contribution in [-0.2, 0) is 4.79 Å². The van der Waals surface area contributed by atoms with E-state index < -0.39 is 0 Å². The van der Waals surface area contributed by atoms with Gasteiger partial charge in [-0.15, -0.1) is 0 Å². The number of fused-ring (bicyclic) bond motifs is 1. The summed E-state index contributed by atoms with van der Waals surface area (Å²) < 4.78 is 6.07. The highest BCUT2D eigenvalue weighted by Crippen LogP contribution is 2.29. The zero-order valence-corrected chi connectivity index (χ0v) is 12.3. The van der Waals surface area contributed by atoms with Gasteiger partial charge in [-0.2, -0.15) is 0 Å². The van der Waals surface area contributed by atoms with Gasteiger partial charge in [-0.05, 0) is 30.3 Å². The molecule has 1 heterocycles. The Kier molecular flexibility index (Phi) is 3.28. The molecule has 0 spiro atoms. The molecule has 0 aromatic heterocycles. The lowest BCUT2D eigenvalue weighted by atomic mass is 10.1. The van der Waals surface area contributed by atoms with E-state index in [-0.39, 0.29) is 5.91 Å². The van der Waals surface area contributed by atoms with Crippen LogP contribution >= 0.6 is 15.9 Å². The van der Waals surface area contributed by atoms with E-state index in [1.54, 1.807) is 13.2 Å². The number of nitrogens with zero attached hydrogens (tertiary/aromatic N) is 1. The molecule has 100 valence electrons. The number of carbonyl (C=O) groups excluding carboxylic acids is 1. The van der Waals surface area contributed by atoms with Crippen LogP contribution in [0.1, 0.15) is 5.56 Å². The number of hydrogen-bond donors (Lipinski definition) is 1. The third-order valence-electron chi connectivity index (χ3n) is 2.99. The molecule has 0 saturated heterocycles. The van der Waals surface area contributed by atoms with E-state index in [9.17, 15) is 4.79 Å². The first-order valence-electron chi connectivity index (χ1n) is 6.01. The third-order valence-corrected chi connectivity index (χ3v) is 3.49. The number of carbonyl (C=O) groups is 1. The van der Waals surface area contributed by atoms with Crippen molar-refractivity contribution >= 4 is 38.9 Å². The van der Waals surface area contributed by atoms with Crippen LogP contribution in [0.4, 0.5) is 11.4 Å². The lowest BCUT2D eigenvalue weighted by Crippen LogP contribution is -2.13. The Morgan fingerprint density at radius 3 is 2.85 bits per heavy atom. The maximum atomic E-state index is 12.0. The largest absolute Gasteiger partial charge is 0.497 e. The fraction of sp³-hybridized carbons (Fsp3) is 0.0667. The summed E-state index contributed by atoms with van der Waals surface area (Å²) in [5.41, 5.74) is 2.67. The molecule has 1 aliphatic rings. The second-order valence-corrected chi connectivity index (χ2v) is 5.22. The number of nitrogens with one attached hydrogen (secondary N) is 1. The number of benzene rings is 2. The molecule has 0 atom stereocenters. The minimum atomic E-state index is -0.194. The lowest BCUT2D eigenvalue weighted by molar-refractivity contribution is -0.110.